The number of hydrogen-bond acceptors (Lipinski definition) is 2. The van der Waals surface area contributed by atoms with Gasteiger partial charge in [-0.05, 0) is 24.7 Å². The van der Waals surface area contributed by atoms with Gasteiger partial charge in [0.15, 0.2) is 0 Å². The first-order valence-electron chi connectivity index (χ1n) is 6.81. The van der Waals surface area contributed by atoms with Crippen molar-refractivity contribution in [1.29, 1.82) is 0 Å². The standard InChI is InChI=1S/C14H28N2O/c1-14(2,3)10-11(15)9-13(17)16(4)12-7-5-6-8-12/h11-12H,5-10,15H2,1-4H3. The Bertz CT molecular complexity index is 251. The zero-order valence-corrected chi connectivity index (χ0v) is 11.8. The van der Waals surface area contributed by atoms with E-state index >= 15 is 0 Å². The lowest BCUT2D eigenvalue weighted by Crippen LogP contribution is -2.39. The first-order valence-corrected chi connectivity index (χ1v) is 6.81. The van der Waals surface area contributed by atoms with Crippen LogP contribution < -0.4 is 5.73 Å². The van der Waals surface area contributed by atoms with E-state index in [1.165, 1.54) is 12.8 Å². The SMILES string of the molecule is CN(C(=O)CC(N)CC(C)(C)C)C1CCCC1. The van der Waals surface area contributed by atoms with Gasteiger partial charge in [0.2, 0.25) is 5.91 Å². The smallest absolute Gasteiger partial charge is 0.224 e. The highest BCUT2D eigenvalue weighted by molar-refractivity contribution is 5.76. The fourth-order valence-electron chi connectivity index (χ4n) is 2.72. The normalized spacial score (nSPS) is 19.4. The van der Waals surface area contributed by atoms with Gasteiger partial charge in [-0.15, -0.1) is 0 Å². The first kappa shape index (κ1) is 14.5. The second kappa shape index (κ2) is 5.85. The van der Waals surface area contributed by atoms with Crippen molar-refractivity contribution in [3.63, 3.8) is 0 Å². The highest BCUT2D eigenvalue weighted by Crippen LogP contribution is 2.24. The third kappa shape index (κ3) is 5.07. The number of nitrogens with zero attached hydrogens (tertiary/aromatic N) is 1. The van der Waals surface area contributed by atoms with Crippen LogP contribution in [0.1, 0.15) is 59.3 Å². The molecule has 1 atom stereocenters. The summed E-state index contributed by atoms with van der Waals surface area (Å²) in [5.74, 6) is 0.216. The summed E-state index contributed by atoms with van der Waals surface area (Å²) < 4.78 is 0. The lowest BCUT2D eigenvalue weighted by molar-refractivity contribution is -0.132. The molecule has 3 heteroatoms. The third-order valence-electron chi connectivity index (χ3n) is 3.58. The number of amides is 1. The predicted octanol–water partition coefficient (Wildman–Crippen LogP) is 2.54. The summed E-state index contributed by atoms with van der Waals surface area (Å²) in [6, 6.07) is 0.454. The molecule has 100 valence electrons. The summed E-state index contributed by atoms with van der Waals surface area (Å²) in [7, 11) is 1.93. The molecule has 0 heterocycles. The predicted molar refractivity (Wildman–Crippen MR) is 71.7 cm³/mol. The van der Waals surface area contributed by atoms with Gasteiger partial charge in [-0.25, -0.2) is 0 Å². The van der Waals surface area contributed by atoms with Crippen molar-refractivity contribution in [1.82, 2.24) is 4.90 Å². The molecule has 0 aromatic rings. The van der Waals surface area contributed by atoms with Crippen molar-refractivity contribution in [2.45, 2.75) is 71.4 Å². The van der Waals surface area contributed by atoms with Gasteiger partial charge in [-0.2, -0.15) is 0 Å². The molecule has 3 nitrogen and oxygen atoms in total. The van der Waals surface area contributed by atoms with Crippen LogP contribution >= 0.6 is 0 Å². The van der Waals surface area contributed by atoms with E-state index in [4.69, 9.17) is 5.73 Å². The average molecular weight is 240 g/mol. The summed E-state index contributed by atoms with van der Waals surface area (Å²) in [6.07, 6.45) is 6.24. The molecule has 1 fully saturated rings. The monoisotopic (exact) mass is 240 g/mol. The zero-order chi connectivity index (χ0) is 13.1. The number of carbonyl (C=O) groups excluding carboxylic acids is 1. The summed E-state index contributed by atoms with van der Waals surface area (Å²) >= 11 is 0. The van der Waals surface area contributed by atoms with Crippen molar-refractivity contribution in [2.75, 3.05) is 7.05 Å². The van der Waals surface area contributed by atoms with Gasteiger partial charge in [0.05, 0.1) is 0 Å². The van der Waals surface area contributed by atoms with E-state index < -0.39 is 0 Å². The maximum absolute atomic E-state index is 12.1. The molecule has 1 aliphatic rings. The Hall–Kier alpha value is -0.570. The maximum Gasteiger partial charge on any atom is 0.224 e. The second-order valence-corrected chi connectivity index (χ2v) is 6.67. The van der Waals surface area contributed by atoms with Gasteiger partial charge in [0, 0.05) is 25.6 Å². The van der Waals surface area contributed by atoms with E-state index in [1.807, 2.05) is 11.9 Å². The quantitative estimate of drug-likeness (QED) is 0.821. The van der Waals surface area contributed by atoms with Crippen molar-refractivity contribution < 1.29 is 4.79 Å². The number of rotatable bonds is 4. The summed E-state index contributed by atoms with van der Waals surface area (Å²) in [4.78, 5) is 14.0. The molecule has 0 radical (unpaired) electrons. The topological polar surface area (TPSA) is 46.3 Å². The largest absolute Gasteiger partial charge is 0.343 e. The molecule has 1 saturated carbocycles. The minimum absolute atomic E-state index is 0.00801. The third-order valence-corrected chi connectivity index (χ3v) is 3.58. The average Bonchev–Trinajstić information content (AvgIpc) is 2.65. The van der Waals surface area contributed by atoms with Crippen LogP contribution in [0.3, 0.4) is 0 Å². The molecule has 2 N–H and O–H groups in total. The van der Waals surface area contributed by atoms with Gasteiger partial charge >= 0.3 is 0 Å². The Morgan fingerprint density at radius 3 is 2.35 bits per heavy atom. The molecular formula is C14H28N2O. The van der Waals surface area contributed by atoms with Crippen molar-refractivity contribution in [3.8, 4) is 0 Å². The maximum atomic E-state index is 12.1. The molecule has 0 aromatic carbocycles. The van der Waals surface area contributed by atoms with E-state index in [9.17, 15) is 4.79 Å². The minimum atomic E-state index is -0.00801. The Morgan fingerprint density at radius 2 is 1.88 bits per heavy atom. The molecule has 0 saturated heterocycles. The lowest BCUT2D eigenvalue weighted by Gasteiger charge is -2.28. The summed E-state index contributed by atoms with van der Waals surface area (Å²) in [5, 5.41) is 0. The van der Waals surface area contributed by atoms with Crippen LogP contribution in [-0.4, -0.2) is 29.9 Å². The molecular weight excluding hydrogens is 212 g/mol. The number of carbonyl (C=O) groups is 1. The van der Waals surface area contributed by atoms with Crippen LogP contribution in [0.15, 0.2) is 0 Å². The van der Waals surface area contributed by atoms with Gasteiger partial charge in [-0.1, -0.05) is 33.6 Å². The molecule has 17 heavy (non-hydrogen) atoms. The van der Waals surface area contributed by atoms with Gasteiger partial charge in [-0.3, -0.25) is 4.79 Å². The van der Waals surface area contributed by atoms with Crippen LogP contribution in [0.4, 0.5) is 0 Å². The summed E-state index contributed by atoms with van der Waals surface area (Å²) in [5.41, 5.74) is 6.25. The highest BCUT2D eigenvalue weighted by Gasteiger charge is 2.25. The van der Waals surface area contributed by atoms with Crippen LogP contribution in [0.2, 0.25) is 0 Å². The van der Waals surface area contributed by atoms with Crippen LogP contribution in [0.25, 0.3) is 0 Å². The van der Waals surface area contributed by atoms with Crippen LogP contribution in [0, 0.1) is 5.41 Å². The highest BCUT2D eigenvalue weighted by atomic mass is 16.2. The molecule has 0 aromatic heterocycles. The Morgan fingerprint density at radius 1 is 1.35 bits per heavy atom. The van der Waals surface area contributed by atoms with E-state index in [-0.39, 0.29) is 17.4 Å². The molecule has 1 unspecified atom stereocenters. The molecule has 1 amide bonds. The second-order valence-electron chi connectivity index (χ2n) is 6.67. The van der Waals surface area contributed by atoms with Gasteiger partial charge in [0.1, 0.15) is 0 Å². The van der Waals surface area contributed by atoms with Crippen molar-refractivity contribution in [2.24, 2.45) is 11.1 Å². The fraction of sp³-hybridized carbons (Fsp3) is 0.929. The Labute approximate surface area is 106 Å². The van der Waals surface area contributed by atoms with Gasteiger partial charge in [0.25, 0.3) is 0 Å². The van der Waals surface area contributed by atoms with Crippen LogP contribution in [-0.2, 0) is 4.79 Å². The molecule has 0 bridgehead atoms. The molecule has 0 aliphatic heterocycles. The Kier molecular flexibility index (Phi) is 4.99. The van der Waals surface area contributed by atoms with Gasteiger partial charge < -0.3 is 10.6 Å². The van der Waals surface area contributed by atoms with E-state index in [2.05, 4.69) is 20.8 Å². The zero-order valence-electron chi connectivity index (χ0n) is 11.8. The van der Waals surface area contributed by atoms with Crippen molar-refractivity contribution >= 4 is 5.91 Å². The number of nitrogens with two attached hydrogens (primary N) is 1. The van der Waals surface area contributed by atoms with E-state index in [1.54, 1.807) is 0 Å². The van der Waals surface area contributed by atoms with Crippen LogP contribution in [0.5, 0.6) is 0 Å². The molecule has 1 aliphatic carbocycles. The van der Waals surface area contributed by atoms with E-state index in [0.29, 0.717) is 12.5 Å². The fourth-order valence-corrected chi connectivity index (χ4v) is 2.72. The lowest BCUT2D eigenvalue weighted by atomic mass is 9.87. The molecule has 0 spiro atoms. The minimum Gasteiger partial charge on any atom is -0.343 e. The van der Waals surface area contributed by atoms with E-state index in [0.717, 1.165) is 19.3 Å². The van der Waals surface area contributed by atoms with Crippen molar-refractivity contribution in [3.05, 3.63) is 0 Å². The first-order chi connectivity index (χ1) is 7.79. The molecule has 1 rings (SSSR count). The number of hydrogen-bond donors (Lipinski definition) is 1. The summed E-state index contributed by atoms with van der Waals surface area (Å²) in [6.45, 7) is 6.49. The Balaban J connectivity index is 2.37.